The number of thiazole rings is 1. The van der Waals surface area contributed by atoms with Gasteiger partial charge in [0.15, 0.2) is 5.13 Å². The van der Waals surface area contributed by atoms with E-state index < -0.39 is 0 Å². The van der Waals surface area contributed by atoms with Crippen LogP contribution in [-0.4, -0.2) is 51.8 Å². The van der Waals surface area contributed by atoms with Crippen LogP contribution in [-0.2, 0) is 17.6 Å². The van der Waals surface area contributed by atoms with Crippen LogP contribution in [0.15, 0.2) is 54.6 Å². The van der Waals surface area contributed by atoms with Crippen LogP contribution in [0.1, 0.15) is 36.6 Å². The van der Waals surface area contributed by atoms with E-state index in [0.29, 0.717) is 12.5 Å². The summed E-state index contributed by atoms with van der Waals surface area (Å²) in [5.74, 6) is 1.37. The lowest BCUT2D eigenvalue weighted by Gasteiger charge is -2.31. The van der Waals surface area contributed by atoms with Gasteiger partial charge in [0.05, 0.1) is 22.5 Å². The molecule has 1 aliphatic rings. The number of anilines is 3. The quantitative estimate of drug-likeness (QED) is 0.320. The monoisotopic (exact) mass is 486 g/mol. The predicted molar refractivity (Wildman–Crippen MR) is 143 cm³/mol. The van der Waals surface area contributed by atoms with Crippen molar-refractivity contribution < 1.29 is 4.79 Å². The molecule has 4 aromatic rings. The van der Waals surface area contributed by atoms with Crippen molar-refractivity contribution in [2.24, 2.45) is 0 Å². The Hall–Kier alpha value is -3.36. The SMILES string of the molecule is CCc1ccc2nc(Nc3cc(Cc4ccccc4)nc(NC4CCN(CC=O)CC4)n3)sc2c1. The summed E-state index contributed by atoms with van der Waals surface area (Å²) in [4.78, 5) is 27.4. The van der Waals surface area contributed by atoms with E-state index in [0.717, 1.165) is 67.2 Å². The molecule has 0 amide bonds. The fraction of sp³-hybridized carbons (Fsp3) is 0.333. The van der Waals surface area contributed by atoms with Crippen LogP contribution < -0.4 is 10.6 Å². The van der Waals surface area contributed by atoms with Gasteiger partial charge in [0, 0.05) is 31.6 Å². The second kappa shape index (κ2) is 10.9. The maximum absolute atomic E-state index is 10.8. The molecule has 7 nitrogen and oxygen atoms in total. The van der Waals surface area contributed by atoms with Crippen LogP contribution >= 0.6 is 11.3 Å². The molecule has 2 N–H and O–H groups in total. The summed E-state index contributed by atoms with van der Waals surface area (Å²) < 4.78 is 1.17. The van der Waals surface area contributed by atoms with Gasteiger partial charge in [-0.05, 0) is 42.5 Å². The average Bonchev–Trinajstić information content (AvgIpc) is 3.27. The molecular formula is C27H30N6OS. The number of nitrogens with one attached hydrogen (secondary N) is 2. The third kappa shape index (κ3) is 6.01. The van der Waals surface area contributed by atoms with Crippen molar-refractivity contribution in [3.63, 3.8) is 0 Å². The molecule has 1 aliphatic heterocycles. The molecule has 0 spiro atoms. The number of likely N-dealkylation sites (tertiary alicyclic amines) is 1. The normalized spacial score (nSPS) is 14.8. The van der Waals surface area contributed by atoms with Crippen molar-refractivity contribution in [3.8, 4) is 0 Å². The van der Waals surface area contributed by atoms with Crippen LogP contribution in [0.2, 0.25) is 0 Å². The van der Waals surface area contributed by atoms with Gasteiger partial charge in [-0.15, -0.1) is 0 Å². The summed E-state index contributed by atoms with van der Waals surface area (Å²) in [6.45, 7) is 4.47. The Labute approximate surface area is 209 Å². The van der Waals surface area contributed by atoms with E-state index in [2.05, 4.69) is 52.8 Å². The summed E-state index contributed by atoms with van der Waals surface area (Å²) >= 11 is 1.64. The summed E-state index contributed by atoms with van der Waals surface area (Å²) in [7, 11) is 0. The molecule has 0 saturated carbocycles. The minimum atomic E-state index is 0.285. The van der Waals surface area contributed by atoms with Gasteiger partial charge >= 0.3 is 0 Å². The Kier molecular flexibility index (Phi) is 7.30. The number of aldehydes is 1. The molecule has 1 fully saturated rings. The molecule has 5 rings (SSSR count). The average molecular weight is 487 g/mol. The zero-order valence-corrected chi connectivity index (χ0v) is 20.7. The number of carbonyl (C=O) groups is 1. The van der Waals surface area contributed by atoms with Crippen LogP contribution in [0.5, 0.6) is 0 Å². The maximum Gasteiger partial charge on any atom is 0.225 e. The standard InChI is InChI=1S/C27H30N6OS/c1-2-19-8-9-23-24(17-19)35-27(30-23)32-25-18-22(16-20-6-4-3-5-7-20)29-26(31-25)28-21-10-12-33(13-11-21)14-15-34/h3-9,15,17-18,21H,2,10-14,16H2,1H3,(H2,28,29,30,31,32). The number of nitrogens with zero attached hydrogens (tertiary/aromatic N) is 4. The molecule has 0 atom stereocenters. The van der Waals surface area contributed by atoms with Gasteiger partial charge in [-0.3, -0.25) is 4.90 Å². The van der Waals surface area contributed by atoms with Crippen molar-refractivity contribution in [1.82, 2.24) is 19.9 Å². The van der Waals surface area contributed by atoms with E-state index in [-0.39, 0.29) is 6.04 Å². The number of aromatic nitrogens is 3. The lowest BCUT2D eigenvalue weighted by molar-refractivity contribution is -0.109. The van der Waals surface area contributed by atoms with Crippen molar-refractivity contribution in [3.05, 3.63) is 71.4 Å². The molecule has 0 bridgehead atoms. The van der Waals surface area contributed by atoms with Crippen molar-refractivity contribution >= 4 is 44.7 Å². The van der Waals surface area contributed by atoms with Gasteiger partial charge < -0.3 is 15.4 Å². The van der Waals surface area contributed by atoms with Crippen LogP contribution in [0, 0.1) is 0 Å². The first kappa shape index (κ1) is 23.4. The summed E-state index contributed by atoms with van der Waals surface area (Å²) in [6.07, 6.45) is 4.63. The first-order chi connectivity index (χ1) is 17.2. The number of hydrogen-bond donors (Lipinski definition) is 2. The van der Waals surface area contributed by atoms with E-state index in [1.54, 1.807) is 11.3 Å². The zero-order valence-electron chi connectivity index (χ0n) is 19.9. The largest absolute Gasteiger partial charge is 0.351 e. The molecule has 1 saturated heterocycles. The molecule has 2 aromatic heterocycles. The lowest BCUT2D eigenvalue weighted by atomic mass is 10.1. The fourth-order valence-electron chi connectivity index (χ4n) is 4.42. The molecule has 0 radical (unpaired) electrons. The predicted octanol–water partition coefficient (Wildman–Crippen LogP) is 5.06. The number of aryl methyl sites for hydroxylation is 1. The van der Waals surface area contributed by atoms with E-state index in [1.807, 2.05) is 24.3 Å². The smallest absolute Gasteiger partial charge is 0.225 e. The highest BCUT2D eigenvalue weighted by Gasteiger charge is 2.20. The lowest BCUT2D eigenvalue weighted by Crippen LogP contribution is -2.40. The van der Waals surface area contributed by atoms with E-state index in [4.69, 9.17) is 15.0 Å². The van der Waals surface area contributed by atoms with E-state index in [9.17, 15) is 4.79 Å². The molecule has 0 aliphatic carbocycles. The minimum Gasteiger partial charge on any atom is -0.351 e. The maximum atomic E-state index is 10.8. The molecule has 8 heteroatoms. The number of rotatable bonds is 9. The first-order valence-electron chi connectivity index (χ1n) is 12.2. The third-order valence-electron chi connectivity index (χ3n) is 6.36. The highest BCUT2D eigenvalue weighted by Crippen LogP contribution is 2.29. The Morgan fingerprint density at radius 1 is 1.03 bits per heavy atom. The van der Waals surface area contributed by atoms with Crippen molar-refractivity contribution in [2.45, 2.75) is 38.6 Å². The Morgan fingerprint density at radius 3 is 2.63 bits per heavy atom. The topological polar surface area (TPSA) is 83.0 Å². The highest BCUT2D eigenvalue weighted by molar-refractivity contribution is 7.22. The van der Waals surface area contributed by atoms with Crippen LogP contribution in [0.3, 0.4) is 0 Å². The van der Waals surface area contributed by atoms with Crippen molar-refractivity contribution in [2.75, 3.05) is 30.3 Å². The molecule has 3 heterocycles. The van der Waals surface area contributed by atoms with Crippen molar-refractivity contribution in [1.29, 1.82) is 0 Å². The number of piperidine rings is 1. The Morgan fingerprint density at radius 2 is 1.86 bits per heavy atom. The molecule has 35 heavy (non-hydrogen) atoms. The molecule has 2 aromatic carbocycles. The molecule has 0 unspecified atom stereocenters. The number of benzene rings is 2. The summed E-state index contributed by atoms with van der Waals surface area (Å²) in [6, 6.07) is 19.1. The first-order valence-corrected chi connectivity index (χ1v) is 13.0. The third-order valence-corrected chi connectivity index (χ3v) is 7.29. The Bertz CT molecular complexity index is 1280. The number of carbonyl (C=O) groups excluding carboxylic acids is 1. The Balaban J connectivity index is 1.38. The second-order valence-electron chi connectivity index (χ2n) is 8.92. The zero-order chi connectivity index (χ0) is 24.0. The highest BCUT2D eigenvalue weighted by atomic mass is 32.1. The fourth-order valence-corrected chi connectivity index (χ4v) is 5.36. The summed E-state index contributed by atoms with van der Waals surface area (Å²) in [5, 5.41) is 7.80. The van der Waals surface area contributed by atoms with Crippen LogP contribution in [0.25, 0.3) is 10.2 Å². The van der Waals surface area contributed by atoms with Gasteiger partial charge in [-0.2, -0.15) is 4.98 Å². The second-order valence-corrected chi connectivity index (χ2v) is 9.95. The number of hydrogen-bond acceptors (Lipinski definition) is 8. The van der Waals surface area contributed by atoms with Gasteiger partial charge in [-0.1, -0.05) is 54.7 Å². The summed E-state index contributed by atoms with van der Waals surface area (Å²) in [5.41, 5.74) is 4.46. The van der Waals surface area contributed by atoms with Gasteiger partial charge in [0.25, 0.3) is 0 Å². The molecular weight excluding hydrogens is 456 g/mol. The van der Waals surface area contributed by atoms with Gasteiger partial charge in [0.1, 0.15) is 12.1 Å². The minimum absolute atomic E-state index is 0.285. The molecule has 180 valence electrons. The van der Waals surface area contributed by atoms with E-state index >= 15 is 0 Å². The van der Waals surface area contributed by atoms with Crippen LogP contribution in [0.4, 0.5) is 16.9 Å². The van der Waals surface area contributed by atoms with Gasteiger partial charge in [0.2, 0.25) is 5.95 Å². The van der Waals surface area contributed by atoms with E-state index in [1.165, 1.54) is 15.8 Å². The van der Waals surface area contributed by atoms with Gasteiger partial charge in [-0.25, -0.2) is 9.97 Å². The number of fused-ring (bicyclic) bond motifs is 1.